The van der Waals surface area contributed by atoms with Crippen LogP contribution in [-0.2, 0) is 5.41 Å². The molecule has 0 aliphatic rings. The van der Waals surface area contributed by atoms with E-state index in [1.807, 2.05) is 28.8 Å². The summed E-state index contributed by atoms with van der Waals surface area (Å²) in [6.45, 7) is 6.42. The van der Waals surface area contributed by atoms with Crippen molar-refractivity contribution in [3.8, 4) is 0 Å². The highest BCUT2D eigenvalue weighted by Crippen LogP contribution is 2.23. The molecule has 74 valence electrons. The molecule has 0 radical (unpaired) electrons. The third-order valence-electron chi connectivity index (χ3n) is 2.21. The minimum Gasteiger partial charge on any atom is -0.290 e. The van der Waals surface area contributed by atoms with Crippen LogP contribution in [-0.4, -0.2) is 9.38 Å². The Labute approximate surface area is 88.5 Å². The normalized spacial score (nSPS) is 12.3. The minimum absolute atomic E-state index is 0.0648. The molecule has 2 nitrogen and oxygen atoms in total. The maximum atomic E-state index is 6.04. The van der Waals surface area contributed by atoms with E-state index < -0.39 is 0 Å². The molecule has 2 heterocycles. The van der Waals surface area contributed by atoms with Gasteiger partial charge in [-0.25, -0.2) is 4.98 Å². The van der Waals surface area contributed by atoms with Gasteiger partial charge < -0.3 is 0 Å². The summed E-state index contributed by atoms with van der Waals surface area (Å²) in [5.41, 5.74) is 2.03. The SMILES string of the molecule is CC(C)(C)c1cn2c(Cl)cccc2n1. The topological polar surface area (TPSA) is 17.3 Å². The fraction of sp³-hybridized carbons (Fsp3) is 0.364. The highest BCUT2D eigenvalue weighted by atomic mass is 35.5. The van der Waals surface area contributed by atoms with Crippen LogP contribution in [0.25, 0.3) is 5.65 Å². The van der Waals surface area contributed by atoms with Crippen molar-refractivity contribution in [1.82, 2.24) is 9.38 Å². The molecule has 0 spiro atoms. The standard InChI is InChI=1S/C11H13ClN2/c1-11(2,3)8-7-14-9(12)5-4-6-10(14)13-8/h4-7H,1-3H3. The largest absolute Gasteiger partial charge is 0.290 e. The second-order valence-electron chi connectivity index (χ2n) is 4.45. The first-order valence-corrected chi connectivity index (χ1v) is 5.00. The molecule has 0 aliphatic heterocycles. The van der Waals surface area contributed by atoms with Crippen LogP contribution >= 0.6 is 11.6 Å². The first-order chi connectivity index (χ1) is 6.48. The lowest BCUT2D eigenvalue weighted by atomic mass is 9.93. The molecule has 2 rings (SSSR count). The molecule has 2 aromatic rings. The van der Waals surface area contributed by atoms with Crippen LogP contribution in [0.15, 0.2) is 24.4 Å². The Morgan fingerprint density at radius 1 is 1.29 bits per heavy atom. The van der Waals surface area contributed by atoms with Crippen LogP contribution in [0, 0.1) is 0 Å². The number of imidazole rings is 1. The lowest BCUT2D eigenvalue weighted by Crippen LogP contribution is -2.11. The van der Waals surface area contributed by atoms with Crippen LogP contribution in [0.4, 0.5) is 0 Å². The molecule has 0 aromatic carbocycles. The van der Waals surface area contributed by atoms with Gasteiger partial charge in [0.15, 0.2) is 0 Å². The quantitative estimate of drug-likeness (QED) is 0.608. The van der Waals surface area contributed by atoms with Crippen molar-refractivity contribution in [3.63, 3.8) is 0 Å². The van der Waals surface area contributed by atoms with Crippen molar-refractivity contribution in [3.05, 3.63) is 35.2 Å². The van der Waals surface area contributed by atoms with Gasteiger partial charge in [-0.3, -0.25) is 4.40 Å². The maximum absolute atomic E-state index is 6.04. The van der Waals surface area contributed by atoms with Crippen molar-refractivity contribution in [1.29, 1.82) is 0 Å². The van der Waals surface area contributed by atoms with Crippen molar-refractivity contribution in [2.45, 2.75) is 26.2 Å². The predicted octanol–water partition coefficient (Wildman–Crippen LogP) is 3.29. The van der Waals surface area contributed by atoms with E-state index in [2.05, 4.69) is 25.8 Å². The molecule has 0 amide bonds. The van der Waals surface area contributed by atoms with E-state index >= 15 is 0 Å². The number of rotatable bonds is 0. The summed E-state index contributed by atoms with van der Waals surface area (Å²) in [6.07, 6.45) is 2.00. The molecule has 0 atom stereocenters. The van der Waals surface area contributed by atoms with E-state index in [0.29, 0.717) is 5.15 Å². The third kappa shape index (κ3) is 1.50. The van der Waals surface area contributed by atoms with Gasteiger partial charge in [-0.05, 0) is 12.1 Å². The number of aromatic nitrogens is 2. The van der Waals surface area contributed by atoms with Gasteiger partial charge in [-0.1, -0.05) is 38.4 Å². The van der Waals surface area contributed by atoms with Gasteiger partial charge in [0.1, 0.15) is 10.8 Å². The van der Waals surface area contributed by atoms with Gasteiger partial charge in [-0.15, -0.1) is 0 Å². The van der Waals surface area contributed by atoms with Gasteiger partial charge in [-0.2, -0.15) is 0 Å². The van der Waals surface area contributed by atoms with Gasteiger partial charge in [0.25, 0.3) is 0 Å². The Bertz CT molecular complexity index is 466. The molecule has 0 N–H and O–H groups in total. The lowest BCUT2D eigenvalue weighted by Gasteiger charge is -2.13. The van der Waals surface area contributed by atoms with Crippen molar-refractivity contribution in [2.24, 2.45) is 0 Å². The molecule has 0 fully saturated rings. The predicted molar refractivity (Wildman–Crippen MR) is 58.9 cm³/mol. The van der Waals surface area contributed by atoms with Crippen LogP contribution in [0.2, 0.25) is 5.15 Å². The molecule has 0 bridgehead atoms. The van der Waals surface area contributed by atoms with E-state index in [-0.39, 0.29) is 5.41 Å². The molecular weight excluding hydrogens is 196 g/mol. The summed E-state index contributed by atoms with van der Waals surface area (Å²) in [5, 5.41) is 0.700. The molecule has 2 aromatic heterocycles. The molecule has 14 heavy (non-hydrogen) atoms. The zero-order valence-electron chi connectivity index (χ0n) is 8.58. The number of fused-ring (bicyclic) bond motifs is 1. The summed E-state index contributed by atoms with van der Waals surface area (Å²) in [5.74, 6) is 0. The third-order valence-corrected chi connectivity index (χ3v) is 2.52. The van der Waals surface area contributed by atoms with E-state index in [4.69, 9.17) is 11.6 Å². The second-order valence-corrected chi connectivity index (χ2v) is 4.84. The lowest BCUT2D eigenvalue weighted by molar-refractivity contribution is 0.573. The monoisotopic (exact) mass is 208 g/mol. The minimum atomic E-state index is 0.0648. The molecule has 0 saturated heterocycles. The Balaban J connectivity index is 2.69. The van der Waals surface area contributed by atoms with Crippen molar-refractivity contribution in [2.75, 3.05) is 0 Å². The van der Waals surface area contributed by atoms with E-state index in [1.54, 1.807) is 0 Å². The highest BCUT2D eigenvalue weighted by Gasteiger charge is 2.17. The van der Waals surface area contributed by atoms with Crippen molar-refractivity contribution >= 4 is 17.2 Å². The van der Waals surface area contributed by atoms with Gasteiger partial charge >= 0.3 is 0 Å². The zero-order valence-corrected chi connectivity index (χ0v) is 9.34. The van der Waals surface area contributed by atoms with Crippen LogP contribution in [0.1, 0.15) is 26.5 Å². The van der Waals surface area contributed by atoms with Crippen LogP contribution < -0.4 is 0 Å². The van der Waals surface area contributed by atoms with Crippen LogP contribution in [0.5, 0.6) is 0 Å². The van der Waals surface area contributed by atoms with E-state index in [9.17, 15) is 0 Å². The summed E-state index contributed by atoms with van der Waals surface area (Å²) in [6, 6.07) is 5.74. The maximum Gasteiger partial charge on any atom is 0.138 e. The molecule has 0 aliphatic carbocycles. The first kappa shape index (κ1) is 9.53. The zero-order chi connectivity index (χ0) is 10.3. The average molecular weight is 209 g/mol. The van der Waals surface area contributed by atoms with E-state index in [1.165, 1.54) is 0 Å². The molecular formula is C11H13ClN2. The number of nitrogens with zero attached hydrogens (tertiary/aromatic N) is 2. The van der Waals surface area contributed by atoms with Gasteiger partial charge in [0.2, 0.25) is 0 Å². The second kappa shape index (κ2) is 2.99. The Hall–Kier alpha value is -1.02. The summed E-state index contributed by atoms with van der Waals surface area (Å²) < 4.78 is 1.90. The Morgan fingerprint density at radius 2 is 2.00 bits per heavy atom. The van der Waals surface area contributed by atoms with Gasteiger partial charge in [0.05, 0.1) is 5.69 Å². The Morgan fingerprint density at radius 3 is 2.57 bits per heavy atom. The number of hydrogen-bond donors (Lipinski definition) is 0. The summed E-state index contributed by atoms with van der Waals surface area (Å²) in [4.78, 5) is 4.52. The smallest absolute Gasteiger partial charge is 0.138 e. The van der Waals surface area contributed by atoms with Crippen molar-refractivity contribution < 1.29 is 0 Å². The van der Waals surface area contributed by atoms with Crippen LogP contribution in [0.3, 0.4) is 0 Å². The fourth-order valence-electron chi connectivity index (χ4n) is 1.34. The average Bonchev–Trinajstić information content (AvgIpc) is 2.48. The summed E-state index contributed by atoms with van der Waals surface area (Å²) >= 11 is 6.04. The number of hydrogen-bond acceptors (Lipinski definition) is 1. The van der Waals surface area contributed by atoms with Gasteiger partial charge in [0, 0.05) is 11.6 Å². The number of pyridine rings is 1. The number of halogens is 1. The fourth-order valence-corrected chi connectivity index (χ4v) is 1.55. The molecule has 0 unspecified atom stereocenters. The van der Waals surface area contributed by atoms with E-state index in [0.717, 1.165) is 11.3 Å². The highest BCUT2D eigenvalue weighted by molar-refractivity contribution is 6.29. The summed E-state index contributed by atoms with van der Waals surface area (Å²) in [7, 11) is 0. The molecule has 0 saturated carbocycles. The molecule has 3 heteroatoms. The first-order valence-electron chi connectivity index (χ1n) is 4.62. The Kier molecular flexibility index (Phi) is 2.04.